The number of carbonyl (C=O) groups excluding carboxylic acids is 4. The van der Waals surface area contributed by atoms with E-state index in [0.29, 0.717) is 28.1 Å². The van der Waals surface area contributed by atoms with Gasteiger partial charge in [-0.05, 0) is 63.5 Å². The molecule has 0 spiro atoms. The van der Waals surface area contributed by atoms with Crippen LogP contribution in [0.5, 0.6) is 11.5 Å². The fourth-order valence-corrected chi connectivity index (χ4v) is 9.03. The summed E-state index contributed by atoms with van der Waals surface area (Å²) in [7, 11) is -2.40. The van der Waals surface area contributed by atoms with Gasteiger partial charge in [0, 0.05) is 35.4 Å². The molecule has 1 saturated heterocycles. The normalized spacial score (nSPS) is 22.6. The third-order valence-electron chi connectivity index (χ3n) is 10.9. The highest BCUT2D eigenvalue weighted by Crippen LogP contribution is 2.45. The van der Waals surface area contributed by atoms with Crippen LogP contribution in [0.4, 0.5) is 4.79 Å². The molecular formula is C43H55N5O9S. The van der Waals surface area contributed by atoms with E-state index in [0.717, 1.165) is 24.8 Å². The second-order valence-corrected chi connectivity index (χ2v) is 19.5. The number of nitrogens with one attached hydrogen (secondary N) is 3. The summed E-state index contributed by atoms with van der Waals surface area (Å²) in [4.78, 5) is 62.3. The average Bonchev–Trinajstić information content (AvgIpc) is 3.69. The molecule has 2 aliphatic carbocycles. The van der Waals surface area contributed by atoms with Gasteiger partial charge in [0.05, 0.1) is 30.6 Å². The molecule has 0 radical (unpaired) electrons. The Hall–Kier alpha value is -5.18. The first-order chi connectivity index (χ1) is 27.2. The number of likely N-dealkylation sites (tertiary alicyclic amines) is 1. The maximum absolute atomic E-state index is 14.7. The third-order valence-corrected chi connectivity index (χ3v) is 12.4. The number of hydrogen-bond acceptors (Lipinski definition) is 10. The van der Waals surface area contributed by atoms with Gasteiger partial charge < -0.3 is 29.7 Å². The maximum atomic E-state index is 14.7. The molecule has 2 aromatic carbocycles. The van der Waals surface area contributed by atoms with Crippen LogP contribution in [0.2, 0.25) is 0 Å². The Morgan fingerprint density at radius 1 is 1.03 bits per heavy atom. The van der Waals surface area contributed by atoms with Gasteiger partial charge in [-0.2, -0.15) is 0 Å². The van der Waals surface area contributed by atoms with Gasteiger partial charge in [-0.1, -0.05) is 63.6 Å². The fraction of sp³-hybridized carbons (Fsp3) is 0.512. The maximum Gasteiger partial charge on any atom is 0.408 e. The lowest BCUT2D eigenvalue weighted by Crippen LogP contribution is -2.60. The number of fused-ring (bicyclic) bond motifs is 1. The molecule has 3 N–H and O–H groups in total. The van der Waals surface area contributed by atoms with E-state index in [2.05, 4.69) is 21.9 Å². The molecule has 15 heteroatoms. The summed E-state index contributed by atoms with van der Waals surface area (Å²) in [5.74, 6) is -1.75. The minimum absolute atomic E-state index is 0.0119. The number of rotatable bonds is 13. The first kappa shape index (κ1) is 42.4. The number of pyridine rings is 1. The first-order valence-corrected chi connectivity index (χ1v) is 21.4. The number of nitrogens with zero attached hydrogens (tertiary/aromatic N) is 2. The van der Waals surface area contributed by atoms with Crippen molar-refractivity contribution in [3.63, 3.8) is 0 Å². The number of hydrogen-bond donors (Lipinski definition) is 3. The zero-order chi connectivity index (χ0) is 42.2. The predicted octanol–water partition coefficient (Wildman–Crippen LogP) is 5.51. The quantitative estimate of drug-likeness (QED) is 0.186. The summed E-state index contributed by atoms with van der Waals surface area (Å²) in [6, 6.07) is 14.5. The van der Waals surface area contributed by atoms with E-state index in [1.165, 1.54) is 11.0 Å². The Morgan fingerprint density at radius 3 is 2.33 bits per heavy atom. The Labute approximate surface area is 340 Å². The van der Waals surface area contributed by atoms with Crippen molar-refractivity contribution in [1.29, 1.82) is 0 Å². The van der Waals surface area contributed by atoms with Crippen molar-refractivity contribution in [2.24, 2.45) is 17.3 Å². The van der Waals surface area contributed by atoms with Crippen molar-refractivity contribution in [2.75, 3.05) is 19.4 Å². The summed E-state index contributed by atoms with van der Waals surface area (Å²) in [6.07, 6.45) is 2.61. The molecule has 3 fully saturated rings. The topological polar surface area (TPSA) is 182 Å². The number of aromatic nitrogens is 1. The predicted molar refractivity (Wildman–Crippen MR) is 219 cm³/mol. The van der Waals surface area contributed by atoms with Gasteiger partial charge in [0.15, 0.2) is 0 Å². The minimum Gasteiger partial charge on any atom is -0.497 e. The molecule has 2 unspecified atom stereocenters. The first-order valence-electron chi connectivity index (χ1n) is 19.7. The number of benzene rings is 2. The molecule has 2 saturated carbocycles. The van der Waals surface area contributed by atoms with Crippen LogP contribution in [0.25, 0.3) is 22.2 Å². The van der Waals surface area contributed by atoms with Crippen molar-refractivity contribution in [1.82, 2.24) is 25.2 Å². The molecule has 58 heavy (non-hydrogen) atoms. The van der Waals surface area contributed by atoms with Crippen LogP contribution in [0.3, 0.4) is 0 Å². The molecule has 3 aromatic rings. The van der Waals surface area contributed by atoms with Crippen LogP contribution >= 0.6 is 0 Å². The lowest BCUT2D eigenvalue weighted by molar-refractivity contribution is -0.143. The fourth-order valence-electron chi connectivity index (χ4n) is 7.53. The van der Waals surface area contributed by atoms with E-state index in [1.807, 2.05) is 42.5 Å². The highest BCUT2D eigenvalue weighted by molar-refractivity contribution is 7.90. The Kier molecular flexibility index (Phi) is 11.9. The van der Waals surface area contributed by atoms with Gasteiger partial charge in [0.2, 0.25) is 21.8 Å². The van der Waals surface area contributed by atoms with Crippen molar-refractivity contribution >= 4 is 44.7 Å². The molecule has 312 valence electrons. The van der Waals surface area contributed by atoms with Crippen LogP contribution in [0.15, 0.2) is 67.3 Å². The molecule has 4 amide bonds. The van der Waals surface area contributed by atoms with E-state index in [1.54, 1.807) is 60.8 Å². The highest BCUT2D eigenvalue weighted by Gasteiger charge is 2.61. The second kappa shape index (κ2) is 16.2. The Balaban J connectivity index is 1.33. The summed E-state index contributed by atoms with van der Waals surface area (Å²) in [6.45, 7) is 14.3. The number of ether oxygens (including phenoxy) is 3. The molecule has 1 aromatic heterocycles. The number of alkyl carbamates (subject to hydrolysis) is 1. The number of methoxy groups -OCH3 is 1. The largest absolute Gasteiger partial charge is 0.497 e. The van der Waals surface area contributed by atoms with Gasteiger partial charge in [-0.25, -0.2) is 18.2 Å². The van der Waals surface area contributed by atoms with Gasteiger partial charge in [-0.3, -0.25) is 19.1 Å². The average molecular weight is 818 g/mol. The monoisotopic (exact) mass is 817 g/mol. The van der Waals surface area contributed by atoms with Gasteiger partial charge >= 0.3 is 6.09 Å². The van der Waals surface area contributed by atoms with E-state index in [-0.39, 0.29) is 31.1 Å². The molecule has 2 heterocycles. The molecule has 3 aliphatic rings. The SMILES string of the molecule is C=CC1CC1(NC(=O)[C@@H]1C[C@@H](Oc2cc(-c3ccccc3)nc3cc(OC)ccc23)CN1C(=O)[C@@H](NC(=O)OC(C)(C)C)C(C)(C)C)C(=O)NS(=O)(=O)CC1CCC1. The van der Waals surface area contributed by atoms with Crippen molar-refractivity contribution in [3.05, 3.63) is 67.3 Å². The van der Waals surface area contributed by atoms with Crippen LogP contribution in [0, 0.1) is 17.3 Å². The van der Waals surface area contributed by atoms with Crippen LogP contribution in [-0.2, 0) is 29.1 Å². The zero-order valence-electron chi connectivity index (χ0n) is 34.3. The second-order valence-electron chi connectivity index (χ2n) is 17.7. The standard InChI is InChI=1S/C43H55N5O9S/c1-9-28-23-43(28,39(51)47-58(53,54)25-26-14-13-15-26)46-37(49)34-21-30(24-48(34)38(50)36(41(2,3)4)45-40(52)57-42(5,6)7)56-35-22-32(27-16-11-10-12-17-27)44-33-20-29(55-8)18-19-31(33)35/h9-12,16-20,22,26,28,30,34,36H,1,13-15,21,23-25H2,2-8H3,(H,45,52)(H,46,49)(H,47,51)/t28?,30-,34+,36-,43?/m1/s1. The van der Waals surface area contributed by atoms with Crippen LogP contribution < -0.4 is 24.8 Å². The molecular weight excluding hydrogens is 763 g/mol. The van der Waals surface area contributed by atoms with Crippen molar-refractivity contribution in [2.45, 2.75) is 103 Å². The van der Waals surface area contributed by atoms with E-state index in [9.17, 15) is 27.6 Å². The van der Waals surface area contributed by atoms with E-state index >= 15 is 0 Å². The summed E-state index contributed by atoms with van der Waals surface area (Å²) < 4.78 is 45.9. The third kappa shape index (κ3) is 9.57. The lowest BCUT2D eigenvalue weighted by atomic mass is 9.85. The smallest absolute Gasteiger partial charge is 0.408 e. The molecule has 5 atom stereocenters. The summed E-state index contributed by atoms with van der Waals surface area (Å²) in [5, 5.41) is 6.24. The van der Waals surface area contributed by atoms with Gasteiger partial charge in [0.25, 0.3) is 5.91 Å². The zero-order valence-corrected chi connectivity index (χ0v) is 35.1. The number of amides is 4. The molecule has 14 nitrogen and oxygen atoms in total. The van der Waals surface area contributed by atoms with Crippen molar-refractivity contribution in [3.8, 4) is 22.8 Å². The van der Waals surface area contributed by atoms with E-state index < -0.39 is 74.5 Å². The van der Waals surface area contributed by atoms with Crippen molar-refractivity contribution < 1.29 is 41.8 Å². The highest BCUT2D eigenvalue weighted by atomic mass is 32.2. The summed E-state index contributed by atoms with van der Waals surface area (Å²) >= 11 is 0. The van der Waals surface area contributed by atoms with E-state index in [4.69, 9.17) is 19.2 Å². The summed E-state index contributed by atoms with van der Waals surface area (Å²) in [5.41, 5.74) is -1.17. The molecule has 0 bridgehead atoms. The number of carbonyl (C=O) groups is 4. The molecule has 1 aliphatic heterocycles. The lowest BCUT2D eigenvalue weighted by Gasteiger charge is -2.36. The van der Waals surface area contributed by atoms with Gasteiger partial charge in [0.1, 0.15) is 40.8 Å². The van der Waals surface area contributed by atoms with Gasteiger partial charge in [-0.15, -0.1) is 6.58 Å². The minimum atomic E-state index is -3.97. The Bertz CT molecular complexity index is 2180. The van der Waals surface area contributed by atoms with Crippen LogP contribution in [0.1, 0.15) is 73.6 Å². The Morgan fingerprint density at radius 2 is 1.74 bits per heavy atom. The number of sulfonamides is 1. The van der Waals surface area contributed by atoms with Crippen LogP contribution in [-0.4, -0.2) is 90.9 Å². The molecule has 6 rings (SSSR count).